The molecule has 2 heterocycles. The van der Waals surface area contributed by atoms with Gasteiger partial charge in [-0.3, -0.25) is 14.4 Å². The molecule has 1 fully saturated rings. The molecule has 3 rings (SSSR count). The van der Waals surface area contributed by atoms with E-state index in [1.165, 1.54) is 16.2 Å². The lowest BCUT2D eigenvalue weighted by atomic mass is 9.95. The van der Waals surface area contributed by atoms with E-state index >= 15 is 0 Å². The lowest BCUT2D eigenvalue weighted by molar-refractivity contribution is -0.138. The zero-order valence-electron chi connectivity index (χ0n) is 16.2. The maximum Gasteiger partial charge on any atom is 0.263 e. The van der Waals surface area contributed by atoms with Crippen LogP contribution in [0.15, 0.2) is 41.8 Å². The van der Waals surface area contributed by atoms with Crippen molar-refractivity contribution < 1.29 is 14.4 Å². The van der Waals surface area contributed by atoms with E-state index < -0.39 is 0 Å². The summed E-state index contributed by atoms with van der Waals surface area (Å²) in [6.45, 7) is 3.13. The highest BCUT2D eigenvalue weighted by atomic mass is 32.1. The van der Waals surface area contributed by atoms with Crippen LogP contribution in [0.5, 0.6) is 0 Å². The number of likely N-dealkylation sites (N-methyl/N-ethyl adjacent to an activating group) is 1. The Morgan fingerprint density at radius 2 is 1.82 bits per heavy atom. The van der Waals surface area contributed by atoms with Gasteiger partial charge in [0.2, 0.25) is 11.8 Å². The van der Waals surface area contributed by atoms with E-state index in [2.05, 4.69) is 5.32 Å². The van der Waals surface area contributed by atoms with Gasteiger partial charge in [0.1, 0.15) is 0 Å². The van der Waals surface area contributed by atoms with Crippen LogP contribution < -0.4 is 5.32 Å². The molecule has 6 nitrogen and oxygen atoms in total. The monoisotopic (exact) mass is 399 g/mol. The zero-order valence-corrected chi connectivity index (χ0v) is 17.0. The van der Waals surface area contributed by atoms with Crippen LogP contribution in [0.2, 0.25) is 0 Å². The predicted molar refractivity (Wildman–Crippen MR) is 110 cm³/mol. The topological polar surface area (TPSA) is 69.7 Å². The molecule has 3 amide bonds. The van der Waals surface area contributed by atoms with Crippen LogP contribution in [-0.4, -0.2) is 54.2 Å². The number of anilines is 1. The van der Waals surface area contributed by atoms with Crippen molar-refractivity contribution in [2.24, 2.45) is 5.92 Å². The van der Waals surface area contributed by atoms with Crippen LogP contribution in [0.3, 0.4) is 0 Å². The third-order valence-corrected chi connectivity index (χ3v) is 5.81. The van der Waals surface area contributed by atoms with Gasteiger partial charge in [-0.15, -0.1) is 11.3 Å². The molecule has 0 atom stereocenters. The average Bonchev–Trinajstić information content (AvgIpc) is 3.23. The lowest BCUT2D eigenvalue weighted by Gasteiger charge is -2.32. The summed E-state index contributed by atoms with van der Waals surface area (Å²) in [6, 6.07) is 11.2. The molecule has 1 aromatic carbocycles. The number of benzene rings is 1. The van der Waals surface area contributed by atoms with Gasteiger partial charge in [0.25, 0.3) is 5.91 Å². The van der Waals surface area contributed by atoms with Crippen LogP contribution in [0, 0.1) is 12.8 Å². The molecular formula is C21H25N3O3S. The molecule has 0 spiro atoms. The molecule has 0 unspecified atom stereocenters. The number of carbonyl (C=O) groups excluding carboxylic acids is 3. The van der Waals surface area contributed by atoms with E-state index in [9.17, 15) is 14.4 Å². The zero-order chi connectivity index (χ0) is 20.1. The van der Waals surface area contributed by atoms with Crippen LogP contribution in [0.25, 0.3) is 0 Å². The number of carbonyl (C=O) groups is 3. The number of hydrogen-bond acceptors (Lipinski definition) is 4. The van der Waals surface area contributed by atoms with E-state index in [1.807, 2.05) is 48.7 Å². The Morgan fingerprint density at radius 1 is 1.14 bits per heavy atom. The Morgan fingerprint density at radius 3 is 2.43 bits per heavy atom. The second-order valence-corrected chi connectivity index (χ2v) is 8.10. The number of amides is 3. The van der Waals surface area contributed by atoms with E-state index in [0.29, 0.717) is 25.9 Å². The summed E-state index contributed by atoms with van der Waals surface area (Å²) in [5.74, 6) is -0.372. The molecule has 0 aliphatic carbocycles. The van der Waals surface area contributed by atoms with Gasteiger partial charge in [-0.25, -0.2) is 0 Å². The van der Waals surface area contributed by atoms with E-state index in [-0.39, 0.29) is 30.2 Å². The van der Waals surface area contributed by atoms with Crippen molar-refractivity contribution in [1.82, 2.24) is 9.80 Å². The number of thiophene rings is 1. The average molecular weight is 400 g/mol. The van der Waals surface area contributed by atoms with Crippen molar-refractivity contribution in [3.05, 3.63) is 52.2 Å². The maximum absolute atomic E-state index is 12.7. The van der Waals surface area contributed by atoms with Gasteiger partial charge in [0.05, 0.1) is 11.4 Å². The minimum atomic E-state index is -0.218. The molecule has 1 saturated heterocycles. The third kappa shape index (κ3) is 4.98. The van der Waals surface area contributed by atoms with Crippen LogP contribution in [0.4, 0.5) is 5.69 Å². The van der Waals surface area contributed by atoms with Crippen molar-refractivity contribution in [2.75, 3.05) is 32.0 Å². The Balaban J connectivity index is 1.47. The molecule has 1 aliphatic rings. The quantitative estimate of drug-likeness (QED) is 0.840. The van der Waals surface area contributed by atoms with Gasteiger partial charge in [-0.05, 0) is 43.3 Å². The summed E-state index contributed by atoms with van der Waals surface area (Å²) in [4.78, 5) is 41.3. The minimum Gasteiger partial charge on any atom is -0.338 e. The number of rotatable bonds is 5. The standard InChI is InChI=1S/C21H25N3O3S/c1-15-5-7-17(8-6-15)22-19(25)14-23(2)20(26)16-9-11-24(12-10-16)21(27)18-4-3-13-28-18/h3-8,13,16H,9-12,14H2,1-2H3,(H,22,25). The molecule has 148 valence electrons. The van der Waals surface area contributed by atoms with Gasteiger partial charge in [-0.1, -0.05) is 23.8 Å². The highest BCUT2D eigenvalue weighted by Gasteiger charge is 2.30. The van der Waals surface area contributed by atoms with Crippen molar-refractivity contribution in [2.45, 2.75) is 19.8 Å². The van der Waals surface area contributed by atoms with E-state index in [1.54, 1.807) is 11.9 Å². The number of nitrogens with one attached hydrogen (secondary N) is 1. The summed E-state index contributed by atoms with van der Waals surface area (Å²) in [5.41, 5.74) is 1.84. The number of likely N-dealkylation sites (tertiary alicyclic amines) is 1. The Kier molecular flexibility index (Phi) is 6.46. The molecule has 28 heavy (non-hydrogen) atoms. The van der Waals surface area contributed by atoms with Gasteiger partial charge in [-0.2, -0.15) is 0 Å². The van der Waals surface area contributed by atoms with E-state index in [4.69, 9.17) is 0 Å². The predicted octanol–water partition coefficient (Wildman–Crippen LogP) is 3.01. The Labute approximate surface area is 169 Å². The van der Waals surface area contributed by atoms with Crippen molar-refractivity contribution in [3.8, 4) is 0 Å². The SMILES string of the molecule is Cc1ccc(NC(=O)CN(C)C(=O)C2CCN(C(=O)c3cccs3)CC2)cc1. The Bertz CT molecular complexity index is 825. The molecule has 2 aromatic rings. The normalized spacial score (nSPS) is 14.6. The first-order chi connectivity index (χ1) is 13.4. The third-order valence-electron chi connectivity index (χ3n) is 4.96. The number of piperidine rings is 1. The van der Waals surface area contributed by atoms with Crippen molar-refractivity contribution >= 4 is 34.7 Å². The molecule has 0 bridgehead atoms. The summed E-state index contributed by atoms with van der Waals surface area (Å²) >= 11 is 1.43. The van der Waals surface area contributed by atoms with Crippen LogP contribution in [-0.2, 0) is 9.59 Å². The second-order valence-electron chi connectivity index (χ2n) is 7.15. The largest absolute Gasteiger partial charge is 0.338 e. The number of hydrogen-bond donors (Lipinski definition) is 1. The fourth-order valence-corrected chi connectivity index (χ4v) is 4.02. The summed E-state index contributed by atoms with van der Waals surface area (Å²) < 4.78 is 0. The second kappa shape index (κ2) is 9.01. The summed E-state index contributed by atoms with van der Waals surface area (Å²) in [5, 5.41) is 4.70. The first kappa shape index (κ1) is 20.1. The molecule has 0 radical (unpaired) electrons. The highest BCUT2D eigenvalue weighted by molar-refractivity contribution is 7.12. The maximum atomic E-state index is 12.7. The fraction of sp³-hybridized carbons (Fsp3) is 0.381. The molecule has 1 aliphatic heterocycles. The number of aryl methyl sites for hydroxylation is 1. The first-order valence-corrected chi connectivity index (χ1v) is 10.3. The van der Waals surface area contributed by atoms with E-state index in [0.717, 1.165) is 16.1 Å². The first-order valence-electron chi connectivity index (χ1n) is 9.38. The minimum absolute atomic E-state index is 0.0149. The molecule has 0 saturated carbocycles. The molecule has 1 N–H and O–H groups in total. The molecular weight excluding hydrogens is 374 g/mol. The number of nitrogens with zero attached hydrogens (tertiary/aromatic N) is 2. The van der Waals surface area contributed by atoms with Crippen molar-refractivity contribution in [1.29, 1.82) is 0 Å². The lowest BCUT2D eigenvalue weighted by Crippen LogP contribution is -2.44. The highest BCUT2D eigenvalue weighted by Crippen LogP contribution is 2.22. The Hall–Kier alpha value is -2.67. The van der Waals surface area contributed by atoms with Crippen molar-refractivity contribution in [3.63, 3.8) is 0 Å². The van der Waals surface area contributed by atoms with Gasteiger partial charge < -0.3 is 15.1 Å². The van der Waals surface area contributed by atoms with Gasteiger partial charge in [0.15, 0.2) is 0 Å². The molecule has 1 aromatic heterocycles. The summed E-state index contributed by atoms with van der Waals surface area (Å²) in [7, 11) is 1.65. The van der Waals surface area contributed by atoms with Crippen LogP contribution in [0.1, 0.15) is 28.1 Å². The van der Waals surface area contributed by atoms with Crippen LogP contribution >= 0.6 is 11.3 Å². The summed E-state index contributed by atoms with van der Waals surface area (Å²) in [6.07, 6.45) is 1.25. The smallest absolute Gasteiger partial charge is 0.263 e. The van der Waals surface area contributed by atoms with Gasteiger partial charge >= 0.3 is 0 Å². The van der Waals surface area contributed by atoms with Gasteiger partial charge in [0, 0.05) is 31.7 Å². The molecule has 7 heteroatoms. The fourth-order valence-electron chi connectivity index (χ4n) is 3.33.